The Morgan fingerprint density at radius 1 is 1.30 bits per heavy atom. The minimum atomic E-state index is -0.00300. The molecular formula is C21H24N4OS. The van der Waals surface area contributed by atoms with E-state index in [0.717, 1.165) is 47.4 Å². The molecule has 3 heterocycles. The number of benzene rings is 1. The largest absolute Gasteiger partial charge is 0.355 e. The van der Waals surface area contributed by atoms with Gasteiger partial charge >= 0.3 is 0 Å². The van der Waals surface area contributed by atoms with Gasteiger partial charge in [0.05, 0.1) is 11.3 Å². The van der Waals surface area contributed by atoms with Gasteiger partial charge in [-0.15, -0.1) is 11.3 Å². The summed E-state index contributed by atoms with van der Waals surface area (Å²) in [7, 11) is 0. The summed E-state index contributed by atoms with van der Waals surface area (Å²) in [5.74, 6) is 1.10. The molecule has 1 fully saturated rings. The number of piperidine rings is 1. The average Bonchev–Trinajstić information content (AvgIpc) is 3.16. The molecule has 1 amide bonds. The van der Waals surface area contributed by atoms with Crippen molar-refractivity contribution in [3.63, 3.8) is 0 Å². The molecular weight excluding hydrogens is 356 g/mol. The van der Waals surface area contributed by atoms with Crippen LogP contribution < -0.4 is 10.2 Å². The Balaban J connectivity index is 1.46. The van der Waals surface area contributed by atoms with Crippen LogP contribution in [0.3, 0.4) is 0 Å². The molecule has 1 unspecified atom stereocenters. The minimum Gasteiger partial charge on any atom is -0.355 e. The zero-order chi connectivity index (χ0) is 18.6. The highest BCUT2D eigenvalue weighted by Crippen LogP contribution is 2.32. The van der Waals surface area contributed by atoms with E-state index in [2.05, 4.69) is 33.2 Å². The zero-order valence-corrected chi connectivity index (χ0v) is 16.3. The third-order valence-electron chi connectivity index (χ3n) is 5.11. The van der Waals surface area contributed by atoms with Crippen LogP contribution >= 0.6 is 11.3 Å². The molecule has 2 aromatic heterocycles. The second kappa shape index (κ2) is 8.05. The van der Waals surface area contributed by atoms with Crippen LogP contribution in [0.2, 0.25) is 0 Å². The molecule has 1 saturated heterocycles. The Morgan fingerprint density at radius 3 is 2.96 bits per heavy atom. The van der Waals surface area contributed by atoms with Crippen molar-refractivity contribution in [1.29, 1.82) is 0 Å². The molecule has 0 aliphatic carbocycles. The van der Waals surface area contributed by atoms with Gasteiger partial charge in [0.2, 0.25) is 5.91 Å². The third-order valence-corrected chi connectivity index (χ3v) is 6.30. The quantitative estimate of drug-likeness (QED) is 0.732. The van der Waals surface area contributed by atoms with E-state index in [0.29, 0.717) is 13.1 Å². The lowest BCUT2D eigenvalue weighted by Crippen LogP contribution is -2.43. The molecule has 1 aliphatic rings. The Labute approximate surface area is 163 Å². The van der Waals surface area contributed by atoms with Crippen LogP contribution in [0.4, 0.5) is 5.82 Å². The van der Waals surface area contributed by atoms with Crippen LogP contribution in [0, 0.1) is 5.92 Å². The molecule has 1 aromatic carbocycles. The first-order valence-electron chi connectivity index (χ1n) is 9.54. The van der Waals surface area contributed by atoms with Gasteiger partial charge in [-0.3, -0.25) is 4.79 Å². The van der Waals surface area contributed by atoms with E-state index in [9.17, 15) is 4.79 Å². The maximum absolute atomic E-state index is 12.7. The number of hydrogen-bond donors (Lipinski definition) is 1. The molecule has 4 rings (SSSR count). The van der Waals surface area contributed by atoms with Gasteiger partial charge in [0.1, 0.15) is 17.0 Å². The van der Waals surface area contributed by atoms with Crippen LogP contribution in [-0.4, -0.2) is 29.0 Å². The summed E-state index contributed by atoms with van der Waals surface area (Å²) in [5, 5.41) is 4.21. The fourth-order valence-corrected chi connectivity index (χ4v) is 4.56. The fraction of sp³-hybridized carbons (Fsp3) is 0.381. The van der Waals surface area contributed by atoms with Crippen molar-refractivity contribution in [3.05, 3.63) is 53.2 Å². The molecule has 6 heteroatoms. The van der Waals surface area contributed by atoms with E-state index in [4.69, 9.17) is 0 Å². The maximum Gasteiger partial charge on any atom is 0.225 e. The Morgan fingerprint density at radius 2 is 2.15 bits per heavy atom. The second-order valence-electron chi connectivity index (χ2n) is 6.97. The van der Waals surface area contributed by atoms with Crippen molar-refractivity contribution >= 4 is 33.3 Å². The van der Waals surface area contributed by atoms with Gasteiger partial charge in [-0.2, -0.15) is 0 Å². The first kappa shape index (κ1) is 17.9. The topological polar surface area (TPSA) is 58.1 Å². The fourth-order valence-electron chi connectivity index (χ4n) is 3.63. The van der Waals surface area contributed by atoms with Crippen LogP contribution in [0.25, 0.3) is 10.2 Å². The Bertz CT molecular complexity index is 924. The summed E-state index contributed by atoms with van der Waals surface area (Å²) >= 11 is 1.73. The van der Waals surface area contributed by atoms with E-state index in [1.54, 1.807) is 17.7 Å². The van der Waals surface area contributed by atoms with Crippen LogP contribution in [0.5, 0.6) is 0 Å². The van der Waals surface area contributed by atoms with Gasteiger partial charge in [-0.05, 0) is 30.9 Å². The van der Waals surface area contributed by atoms with Crippen LogP contribution in [-0.2, 0) is 17.8 Å². The van der Waals surface area contributed by atoms with Gasteiger partial charge in [-0.1, -0.05) is 37.3 Å². The summed E-state index contributed by atoms with van der Waals surface area (Å²) in [5.41, 5.74) is 1.13. The van der Waals surface area contributed by atoms with E-state index in [1.807, 2.05) is 30.3 Å². The highest BCUT2D eigenvalue weighted by molar-refractivity contribution is 7.18. The standard InChI is InChI=1S/C21H24N4OS/c1-2-17-11-18-19(23-14-24-21(18)27-17)25-10-6-9-16(13-25)20(26)22-12-15-7-4-3-5-8-15/h3-5,7-8,11,14,16H,2,6,9-10,12-13H2,1H3,(H,22,26). The number of fused-ring (bicyclic) bond motifs is 1. The highest BCUT2D eigenvalue weighted by Gasteiger charge is 2.27. The molecule has 0 spiro atoms. The van der Waals surface area contributed by atoms with Crippen molar-refractivity contribution in [1.82, 2.24) is 15.3 Å². The van der Waals surface area contributed by atoms with Gasteiger partial charge < -0.3 is 10.2 Å². The summed E-state index contributed by atoms with van der Waals surface area (Å²) in [6, 6.07) is 12.3. The van der Waals surface area contributed by atoms with Crippen LogP contribution in [0.1, 0.15) is 30.2 Å². The highest BCUT2D eigenvalue weighted by atomic mass is 32.1. The number of nitrogens with one attached hydrogen (secondary N) is 1. The molecule has 27 heavy (non-hydrogen) atoms. The number of amides is 1. The van der Waals surface area contributed by atoms with Crippen LogP contribution in [0.15, 0.2) is 42.7 Å². The lowest BCUT2D eigenvalue weighted by molar-refractivity contribution is -0.125. The SMILES string of the molecule is CCc1cc2c(N3CCCC(C(=O)NCc4ccccc4)C3)ncnc2s1. The van der Waals surface area contributed by atoms with E-state index >= 15 is 0 Å². The molecule has 1 atom stereocenters. The summed E-state index contributed by atoms with van der Waals surface area (Å²) in [4.78, 5) is 26.3. The molecule has 0 bridgehead atoms. The van der Waals surface area contributed by atoms with E-state index in [-0.39, 0.29) is 11.8 Å². The molecule has 5 nitrogen and oxygen atoms in total. The Kier molecular flexibility index (Phi) is 5.34. The average molecular weight is 381 g/mol. The van der Waals surface area contributed by atoms with Gasteiger partial charge in [0.15, 0.2) is 0 Å². The number of rotatable bonds is 5. The zero-order valence-electron chi connectivity index (χ0n) is 15.5. The minimum absolute atomic E-state index is 0.00300. The summed E-state index contributed by atoms with van der Waals surface area (Å²) < 4.78 is 0. The smallest absolute Gasteiger partial charge is 0.225 e. The van der Waals surface area contributed by atoms with Crippen molar-refractivity contribution < 1.29 is 4.79 Å². The number of thiophene rings is 1. The predicted molar refractivity (Wildman–Crippen MR) is 110 cm³/mol. The van der Waals surface area contributed by atoms with E-state index < -0.39 is 0 Å². The number of hydrogen-bond acceptors (Lipinski definition) is 5. The van der Waals surface area contributed by atoms with Crippen molar-refractivity contribution in [2.45, 2.75) is 32.7 Å². The molecule has 140 valence electrons. The van der Waals surface area contributed by atoms with Gasteiger partial charge in [0, 0.05) is 24.5 Å². The van der Waals surface area contributed by atoms with Gasteiger partial charge in [-0.25, -0.2) is 9.97 Å². The van der Waals surface area contributed by atoms with Crippen molar-refractivity contribution in [2.24, 2.45) is 5.92 Å². The first-order valence-corrected chi connectivity index (χ1v) is 10.4. The molecule has 3 aromatic rings. The normalized spacial score (nSPS) is 17.2. The summed E-state index contributed by atoms with van der Waals surface area (Å²) in [6.07, 6.45) is 4.58. The predicted octanol–water partition coefficient (Wildman–Crippen LogP) is 3.79. The monoisotopic (exact) mass is 380 g/mol. The molecule has 0 saturated carbocycles. The lowest BCUT2D eigenvalue weighted by Gasteiger charge is -2.33. The first-order chi connectivity index (χ1) is 13.2. The van der Waals surface area contributed by atoms with Gasteiger partial charge in [0.25, 0.3) is 0 Å². The summed E-state index contributed by atoms with van der Waals surface area (Å²) in [6.45, 7) is 4.39. The van der Waals surface area contributed by atoms with E-state index in [1.165, 1.54) is 4.88 Å². The number of aromatic nitrogens is 2. The lowest BCUT2D eigenvalue weighted by atomic mass is 9.97. The number of aryl methyl sites for hydroxylation is 1. The van der Waals surface area contributed by atoms with Crippen molar-refractivity contribution in [2.75, 3.05) is 18.0 Å². The number of anilines is 1. The second-order valence-corrected chi connectivity index (χ2v) is 8.09. The maximum atomic E-state index is 12.7. The molecule has 1 aliphatic heterocycles. The number of carbonyl (C=O) groups excluding carboxylic acids is 1. The molecule has 0 radical (unpaired) electrons. The number of nitrogens with zero attached hydrogens (tertiary/aromatic N) is 3. The Hall–Kier alpha value is -2.47. The number of carbonyl (C=O) groups is 1. The van der Waals surface area contributed by atoms with Crippen molar-refractivity contribution in [3.8, 4) is 0 Å². The molecule has 1 N–H and O–H groups in total. The third kappa shape index (κ3) is 3.95.